The fourth-order valence-electron chi connectivity index (χ4n) is 3.16. The Hall–Kier alpha value is -2.65. The number of sulfonamides is 1. The molecule has 0 aliphatic heterocycles. The van der Waals surface area contributed by atoms with Gasteiger partial charge in [0.2, 0.25) is 10.0 Å². The van der Waals surface area contributed by atoms with Gasteiger partial charge in [0.25, 0.3) is 10.0 Å². The molecule has 0 unspecified atom stereocenters. The van der Waals surface area contributed by atoms with E-state index < -0.39 is 20.0 Å². The van der Waals surface area contributed by atoms with Crippen molar-refractivity contribution < 1.29 is 16.8 Å². The van der Waals surface area contributed by atoms with Crippen molar-refractivity contribution in [3.05, 3.63) is 95.6 Å². The molecule has 30 heavy (non-hydrogen) atoms. The van der Waals surface area contributed by atoms with Gasteiger partial charge in [0.05, 0.1) is 27.5 Å². The standard InChI is InChI=1S/C21H17ClN2O4S2/c22-17-10-12-19(13-11-17)29(25,26)23-15-18-14-16-6-4-5-9-21(16)24(18)30(27,28)20-7-2-1-3-8-20/h1-14,23H,15H2. The van der Waals surface area contributed by atoms with Gasteiger partial charge in [0, 0.05) is 10.4 Å². The minimum atomic E-state index is -3.93. The summed E-state index contributed by atoms with van der Waals surface area (Å²) in [4.78, 5) is 0.161. The summed E-state index contributed by atoms with van der Waals surface area (Å²) in [7, 11) is -7.78. The molecule has 0 radical (unpaired) electrons. The molecule has 1 aromatic heterocycles. The molecule has 0 atom stereocenters. The number of nitrogens with zero attached hydrogens (tertiary/aromatic N) is 1. The van der Waals surface area contributed by atoms with Crippen molar-refractivity contribution in [2.45, 2.75) is 16.3 Å². The summed E-state index contributed by atoms with van der Waals surface area (Å²) in [5.74, 6) is 0. The molecule has 4 aromatic rings. The quantitative estimate of drug-likeness (QED) is 0.471. The third-order valence-corrected chi connectivity index (χ3v) is 8.04. The highest BCUT2D eigenvalue weighted by molar-refractivity contribution is 7.90. The number of hydrogen-bond donors (Lipinski definition) is 1. The van der Waals surface area contributed by atoms with Crippen molar-refractivity contribution in [3.63, 3.8) is 0 Å². The van der Waals surface area contributed by atoms with Crippen LogP contribution >= 0.6 is 11.6 Å². The van der Waals surface area contributed by atoms with Crippen LogP contribution in [0.1, 0.15) is 5.69 Å². The van der Waals surface area contributed by atoms with E-state index in [0.717, 1.165) is 0 Å². The van der Waals surface area contributed by atoms with Crippen molar-refractivity contribution in [1.29, 1.82) is 0 Å². The minimum Gasteiger partial charge on any atom is -0.237 e. The van der Waals surface area contributed by atoms with E-state index in [2.05, 4.69) is 4.72 Å². The highest BCUT2D eigenvalue weighted by Gasteiger charge is 2.24. The first-order valence-corrected chi connectivity index (χ1v) is 12.2. The van der Waals surface area contributed by atoms with Gasteiger partial charge in [-0.05, 0) is 48.5 Å². The van der Waals surface area contributed by atoms with Gasteiger partial charge in [0.15, 0.2) is 0 Å². The average Bonchev–Trinajstić information content (AvgIpc) is 3.13. The van der Waals surface area contributed by atoms with Gasteiger partial charge < -0.3 is 0 Å². The Kier molecular flexibility index (Phi) is 5.42. The monoisotopic (exact) mass is 460 g/mol. The third kappa shape index (κ3) is 3.87. The molecule has 0 bridgehead atoms. The Morgan fingerprint density at radius 2 is 1.40 bits per heavy atom. The van der Waals surface area contributed by atoms with Crippen molar-refractivity contribution in [1.82, 2.24) is 8.69 Å². The Labute approximate surface area is 179 Å². The zero-order chi connectivity index (χ0) is 21.4. The smallest absolute Gasteiger partial charge is 0.237 e. The molecular formula is C21H17ClN2O4S2. The summed E-state index contributed by atoms with van der Waals surface area (Å²) in [5.41, 5.74) is 0.777. The number of rotatable bonds is 6. The van der Waals surface area contributed by atoms with E-state index in [0.29, 0.717) is 21.6 Å². The Balaban J connectivity index is 1.77. The van der Waals surface area contributed by atoms with E-state index in [1.165, 1.54) is 40.4 Å². The molecule has 0 saturated carbocycles. The minimum absolute atomic E-state index is 0.0421. The van der Waals surface area contributed by atoms with E-state index in [1.807, 2.05) is 0 Å². The van der Waals surface area contributed by atoms with Crippen LogP contribution in [0.5, 0.6) is 0 Å². The average molecular weight is 461 g/mol. The van der Waals surface area contributed by atoms with Crippen LogP contribution in [0.2, 0.25) is 5.02 Å². The summed E-state index contributed by atoms with van der Waals surface area (Å²) in [5, 5.41) is 1.11. The maximum absolute atomic E-state index is 13.3. The molecule has 9 heteroatoms. The predicted molar refractivity (Wildman–Crippen MR) is 116 cm³/mol. The third-order valence-electron chi connectivity index (χ3n) is 4.59. The number of halogens is 1. The number of fused-ring (bicyclic) bond motifs is 1. The normalized spacial score (nSPS) is 12.3. The first-order valence-electron chi connectivity index (χ1n) is 8.94. The Morgan fingerprint density at radius 1 is 0.767 bits per heavy atom. The van der Waals surface area contributed by atoms with Crippen molar-refractivity contribution in [2.24, 2.45) is 0 Å². The van der Waals surface area contributed by atoms with E-state index in [9.17, 15) is 16.8 Å². The van der Waals surface area contributed by atoms with E-state index in [4.69, 9.17) is 11.6 Å². The maximum atomic E-state index is 13.3. The summed E-state index contributed by atoms with van der Waals surface area (Å²) in [6.07, 6.45) is 0. The molecule has 0 spiro atoms. The van der Waals surface area contributed by atoms with Gasteiger partial charge in [-0.25, -0.2) is 25.5 Å². The molecule has 0 aliphatic carbocycles. The topological polar surface area (TPSA) is 85.2 Å². The van der Waals surface area contributed by atoms with Gasteiger partial charge in [-0.3, -0.25) is 0 Å². The van der Waals surface area contributed by atoms with Crippen molar-refractivity contribution in [2.75, 3.05) is 0 Å². The van der Waals surface area contributed by atoms with Gasteiger partial charge in [0.1, 0.15) is 0 Å². The molecule has 0 amide bonds. The van der Waals surface area contributed by atoms with E-state index in [1.54, 1.807) is 48.5 Å². The molecule has 0 aliphatic rings. The van der Waals surface area contributed by atoms with Crippen molar-refractivity contribution in [3.8, 4) is 0 Å². The highest BCUT2D eigenvalue weighted by atomic mass is 35.5. The lowest BCUT2D eigenvalue weighted by atomic mass is 10.2. The molecule has 0 fully saturated rings. The van der Waals surface area contributed by atoms with Crippen LogP contribution in [0.25, 0.3) is 10.9 Å². The molecule has 154 valence electrons. The van der Waals surface area contributed by atoms with Crippen LogP contribution < -0.4 is 4.72 Å². The second kappa shape index (κ2) is 7.88. The van der Waals surface area contributed by atoms with Crippen LogP contribution in [-0.2, 0) is 26.6 Å². The van der Waals surface area contributed by atoms with Gasteiger partial charge in [-0.1, -0.05) is 48.0 Å². The fourth-order valence-corrected chi connectivity index (χ4v) is 5.85. The van der Waals surface area contributed by atoms with Crippen LogP contribution in [0.4, 0.5) is 0 Å². The summed E-state index contributed by atoms with van der Waals surface area (Å²) < 4.78 is 55.6. The SMILES string of the molecule is O=S(=O)(NCc1cc2ccccc2n1S(=O)(=O)c1ccccc1)c1ccc(Cl)cc1. The zero-order valence-electron chi connectivity index (χ0n) is 15.6. The molecule has 3 aromatic carbocycles. The highest BCUT2D eigenvalue weighted by Crippen LogP contribution is 2.26. The molecule has 1 N–H and O–H groups in total. The molecule has 6 nitrogen and oxygen atoms in total. The number of nitrogens with one attached hydrogen (secondary N) is 1. The maximum Gasteiger partial charge on any atom is 0.268 e. The molecular weight excluding hydrogens is 444 g/mol. The van der Waals surface area contributed by atoms with Crippen LogP contribution in [0.3, 0.4) is 0 Å². The lowest BCUT2D eigenvalue weighted by Crippen LogP contribution is -2.26. The Bertz CT molecular complexity index is 1410. The number of benzene rings is 3. The summed E-state index contributed by atoms with van der Waals surface area (Å²) in [6, 6.07) is 22.4. The summed E-state index contributed by atoms with van der Waals surface area (Å²) >= 11 is 5.82. The summed E-state index contributed by atoms with van der Waals surface area (Å²) in [6.45, 7) is -0.203. The van der Waals surface area contributed by atoms with E-state index in [-0.39, 0.29) is 16.3 Å². The zero-order valence-corrected chi connectivity index (χ0v) is 18.0. The number of hydrogen-bond acceptors (Lipinski definition) is 4. The van der Waals surface area contributed by atoms with Gasteiger partial charge in [-0.15, -0.1) is 0 Å². The Morgan fingerprint density at radius 3 is 2.10 bits per heavy atom. The largest absolute Gasteiger partial charge is 0.268 e. The number of aromatic nitrogens is 1. The second-order valence-electron chi connectivity index (χ2n) is 6.56. The van der Waals surface area contributed by atoms with Gasteiger partial charge in [-0.2, -0.15) is 0 Å². The van der Waals surface area contributed by atoms with Crippen LogP contribution in [-0.4, -0.2) is 20.8 Å². The van der Waals surface area contributed by atoms with Crippen LogP contribution in [0, 0.1) is 0 Å². The fraction of sp³-hybridized carbons (Fsp3) is 0.0476. The van der Waals surface area contributed by atoms with Gasteiger partial charge >= 0.3 is 0 Å². The lowest BCUT2D eigenvalue weighted by molar-refractivity contribution is 0.575. The first kappa shape index (κ1) is 20.6. The van der Waals surface area contributed by atoms with Crippen LogP contribution in [0.15, 0.2) is 94.7 Å². The first-order chi connectivity index (χ1) is 14.3. The van der Waals surface area contributed by atoms with E-state index >= 15 is 0 Å². The molecule has 1 heterocycles. The molecule has 4 rings (SSSR count). The second-order valence-corrected chi connectivity index (χ2v) is 10.5. The number of para-hydroxylation sites is 1. The molecule has 0 saturated heterocycles. The lowest BCUT2D eigenvalue weighted by Gasteiger charge is -2.13. The predicted octanol–water partition coefficient (Wildman–Crippen LogP) is 4.01. The van der Waals surface area contributed by atoms with Crippen molar-refractivity contribution >= 4 is 42.6 Å².